The van der Waals surface area contributed by atoms with E-state index in [0.717, 1.165) is 73.9 Å². The number of benzene rings is 2. The molecule has 0 unspecified atom stereocenters. The van der Waals surface area contributed by atoms with E-state index in [0.29, 0.717) is 28.3 Å². The second-order valence-corrected chi connectivity index (χ2v) is 9.35. The van der Waals surface area contributed by atoms with Crippen molar-refractivity contribution in [1.29, 1.82) is 0 Å². The van der Waals surface area contributed by atoms with Crippen LogP contribution in [0.4, 0.5) is 5.69 Å². The molecular formula is C28H28N4O4. The summed E-state index contributed by atoms with van der Waals surface area (Å²) in [6.07, 6.45) is 2.14. The van der Waals surface area contributed by atoms with E-state index in [1.165, 1.54) is 0 Å². The van der Waals surface area contributed by atoms with Gasteiger partial charge in [0.1, 0.15) is 11.4 Å². The van der Waals surface area contributed by atoms with E-state index in [-0.39, 0.29) is 5.91 Å². The topological polar surface area (TPSA) is 89.7 Å². The van der Waals surface area contributed by atoms with Gasteiger partial charge in [-0.3, -0.25) is 9.69 Å². The van der Waals surface area contributed by atoms with Crippen LogP contribution in [0.25, 0.3) is 22.4 Å². The number of ether oxygens (including phenoxy) is 2. The van der Waals surface area contributed by atoms with Gasteiger partial charge in [-0.1, -0.05) is 17.3 Å². The third kappa shape index (κ3) is 4.69. The van der Waals surface area contributed by atoms with Crippen LogP contribution < -0.4 is 10.1 Å². The second kappa shape index (κ2) is 9.72. The van der Waals surface area contributed by atoms with Gasteiger partial charge in [-0.25, -0.2) is 4.98 Å². The van der Waals surface area contributed by atoms with Crippen molar-refractivity contribution >= 4 is 22.7 Å². The van der Waals surface area contributed by atoms with Crippen molar-refractivity contribution in [1.82, 2.24) is 15.0 Å². The SMILES string of the molecule is COc1ccc(-c2noc3nc(C4CC4)cc(C(=O)Nc4cccc(CN5CCOCC5)c4)c23)cc1. The Morgan fingerprint density at radius 1 is 1.11 bits per heavy atom. The lowest BCUT2D eigenvalue weighted by Gasteiger charge is -2.26. The molecule has 2 aliphatic rings. The normalized spacial score (nSPS) is 16.2. The van der Waals surface area contributed by atoms with E-state index in [4.69, 9.17) is 19.0 Å². The highest BCUT2D eigenvalue weighted by Crippen LogP contribution is 2.41. The average Bonchev–Trinajstić information content (AvgIpc) is 3.68. The Kier molecular flexibility index (Phi) is 6.13. The molecule has 2 aromatic carbocycles. The van der Waals surface area contributed by atoms with Crippen molar-refractivity contribution < 1.29 is 18.8 Å². The van der Waals surface area contributed by atoms with E-state index in [2.05, 4.69) is 21.4 Å². The number of carbonyl (C=O) groups excluding carboxylic acids is 1. The minimum absolute atomic E-state index is 0.203. The summed E-state index contributed by atoms with van der Waals surface area (Å²) in [5, 5.41) is 8.02. The van der Waals surface area contributed by atoms with Crippen molar-refractivity contribution in [2.24, 2.45) is 0 Å². The van der Waals surface area contributed by atoms with Crippen LogP contribution in [0.5, 0.6) is 5.75 Å². The summed E-state index contributed by atoms with van der Waals surface area (Å²) < 4.78 is 16.4. The number of hydrogen-bond donors (Lipinski definition) is 1. The van der Waals surface area contributed by atoms with Gasteiger partial charge in [0.25, 0.3) is 11.6 Å². The fourth-order valence-corrected chi connectivity index (χ4v) is 4.65. The van der Waals surface area contributed by atoms with Crippen LogP contribution in [0, 0.1) is 0 Å². The standard InChI is InChI=1S/C28H28N4O4/c1-34-22-9-7-20(8-10-22)26-25-23(16-24(19-5-6-19)30-28(25)36-31-26)27(33)29-21-4-2-3-18(15-21)17-32-11-13-35-14-12-32/h2-4,7-10,15-16,19H,5-6,11-14,17H2,1H3,(H,29,33). The molecule has 2 fully saturated rings. The van der Waals surface area contributed by atoms with Gasteiger partial charge in [0.15, 0.2) is 0 Å². The molecule has 3 heterocycles. The predicted octanol–water partition coefficient (Wildman–Crippen LogP) is 4.86. The zero-order chi connectivity index (χ0) is 24.5. The zero-order valence-corrected chi connectivity index (χ0v) is 20.2. The van der Waals surface area contributed by atoms with Gasteiger partial charge in [0, 0.05) is 42.5 Å². The first-order valence-electron chi connectivity index (χ1n) is 12.3. The highest BCUT2D eigenvalue weighted by molar-refractivity contribution is 6.14. The first-order valence-corrected chi connectivity index (χ1v) is 12.3. The molecule has 0 radical (unpaired) electrons. The quantitative estimate of drug-likeness (QED) is 0.401. The van der Waals surface area contributed by atoms with E-state index in [1.54, 1.807) is 7.11 Å². The smallest absolute Gasteiger partial charge is 0.259 e. The van der Waals surface area contributed by atoms with Crippen molar-refractivity contribution in [3.8, 4) is 17.0 Å². The van der Waals surface area contributed by atoms with Gasteiger partial charge in [0.2, 0.25) is 0 Å². The number of hydrogen-bond acceptors (Lipinski definition) is 7. The summed E-state index contributed by atoms with van der Waals surface area (Å²) in [6, 6.07) is 17.4. The zero-order valence-electron chi connectivity index (χ0n) is 20.2. The Hall–Kier alpha value is -3.75. The number of nitrogens with one attached hydrogen (secondary N) is 1. The molecule has 8 heteroatoms. The maximum absolute atomic E-state index is 13.7. The molecular weight excluding hydrogens is 456 g/mol. The van der Waals surface area contributed by atoms with Gasteiger partial charge in [0.05, 0.1) is 31.3 Å². The number of fused-ring (bicyclic) bond motifs is 1. The number of anilines is 1. The number of nitrogens with zero attached hydrogens (tertiary/aromatic N) is 3. The molecule has 184 valence electrons. The number of aromatic nitrogens is 2. The lowest BCUT2D eigenvalue weighted by Crippen LogP contribution is -2.35. The van der Waals surface area contributed by atoms with Gasteiger partial charge < -0.3 is 19.3 Å². The summed E-state index contributed by atoms with van der Waals surface area (Å²) in [5.74, 6) is 0.911. The Labute approximate surface area is 209 Å². The van der Waals surface area contributed by atoms with Crippen molar-refractivity contribution in [3.63, 3.8) is 0 Å². The molecule has 8 nitrogen and oxygen atoms in total. The maximum Gasteiger partial charge on any atom is 0.259 e. The van der Waals surface area contributed by atoms with Crippen LogP contribution in [-0.4, -0.2) is 54.4 Å². The summed E-state index contributed by atoms with van der Waals surface area (Å²) in [7, 11) is 1.63. The van der Waals surface area contributed by atoms with E-state index >= 15 is 0 Å². The lowest BCUT2D eigenvalue weighted by atomic mass is 10.0. The molecule has 1 amide bonds. The van der Waals surface area contributed by atoms with E-state index in [1.807, 2.05) is 48.5 Å². The molecule has 1 saturated heterocycles. The van der Waals surface area contributed by atoms with Gasteiger partial charge in [-0.2, -0.15) is 0 Å². The predicted molar refractivity (Wildman–Crippen MR) is 136 cm³/mol. The molecule has 36 heavy (non-hydrogen) atoms. The Morgan fingerprint density at radius 3 is 2.67 bits per heavy atom. The molecule has 1 saturated carbocycles. The second-order valence-electron chi connectivity index (χ2n) is 9.35. The van der Waals surface area contributed by atoms with Crippen LogP contribution in [0.15, 0.2) is 59.1 Å². The minimum atomic E-state index is -0.203. The van der Waals surface area contributed by atoms with Crippen LogP contribution in [0.1, 0.15) is 40.4 Å². The summed E-state index contributed by atoms with van der Waals surface area (Å²) in [6.45, 7) is 4.17. The monoisotopic (exact) mass is 484 g/mol. The summed E-state index contributed by atoms with van der Waals surface area (Å²) in [5.41, 5.74) is 5.12. The number of methoxy groups -OCH3 is 1. The number of amides is 1. The molecule has 0 spiro atoms. The Morgan fingerprint density at radius 2 is 1.92 bits per heavy atom. The van der Waals surface area contributed by atoms with Crippen LogP contribution >= 0.6 is 0 Å². The molecule has 2 aromatic heterocycles. The molecule has 4 aromatic rings. The first-order chi connectivity index (χ1) is 17.7. The molecule has 0 atom stereocenters. The number of pyridine rings is 1. The van der Waals surface area contributed by atoms with Crippen LogP contribution in [0.3, 0.4) is 0 Å². The Balaban J connectivity index is 1.32. The van der Waals surface area contributed by atoms with Gasteiger partial charge in [-0.15, -0.1) is 0 Å². The van der Waals surface area contributed by atoms with E-state index < -0.39 is 0 Å². The van der Waals surface area contributed by atoms with Crippen LogP contribution in [-0.2, 0) is 11.3 Å². The third-order valence-electron chi connectivity index (χ3n) is 6.76. The highest BCUT2D eigenvalue weighted by Gasteiger charge is 2.29. The van der Waals surface area contributed by atoms with Gasteiger partial charge >= 0.3 is 0 Å². The third-order valence-corrected chi connectivity index (χ3v) is 6.76. The number of rotatable bonds is 7. The lowest BCUT2D eigenvalue weighted by molar-refractivity contribution is 0.0342. The number of morpholine rings is 1. The summed E-state index contributed by atoms with van der Waals surface area (Å²) >= 11 is 0. The van der Waals surface area contributed by atoms with Crippen molar-refractivity contribution in [3.05, 3.63) is 71.4 Å². The van der Waals surface area contributed by atoms with Gasteiger partial charge in [-0.05, 0) is 60.9 Å². The Bertz CT molecular complexity index is 1390. The molecule has 6 rings (SSSR count). The first kappa shape index (κ1) is 22.7. The molecule has 1 aliphatic heterocycles. The maximum atomic E-state index is 13.7. The summed E-state index contributed by atoms with van der Waals surface area (Å²) in [4.78, 5) is 20.7. The van der Waals surface area contributed by atoms with Crippen LogP contribution in [0.2, 0.25) is 0 Å². The molecule has 0 bridgehead atoms. The highest BCUT2D eigenvalue weighted by atomic mass is 16.5. The van der Waals surface area contributed by atoms with Crippen molar-refractivity contribution in [2.45, 2.75) is 25.3 Å². The fraction of sp³-hybridized carbons (Fsp3) is 0.321. The molecule has 1 N–H and O–H groups in total. The van der Waals surface area contributed by atoms with E-state index in [9.17, 15) is 4.79 Å². The van der Waals surface area contributed by atoms with Crippen molar-refractivity contribution in [2.75, 3.05) is 38.7 Å². The minimum Gasteiger partial charge on any atom is -0.497 e. The average molecular weight is 485 g/mol. The fourth-order valence-electron chi connectivity index (χ4n) is 4.65. The largest absolute Gasteiger partial charge is 0.497 e. The number of carbonyl (C=O) groups is 1. The molecule has 1 aliphatic carbocycles.